The van der Waals surface area contributed by atoms with Gasteiger partial charge in [0.2, 0.25) is 0 Å². The Morgan fingerprint density at radius 3 is 1.50 bits per heavy atom. The first-order valence-electron chi connectivity index (χ1n) is 1.90. The van der Waals surface area contributed by atoms with Crippen molar-refractivity contribution < 1.29 is 12.6 Å². The molecule has 0 atom stereocenters. The van der Waals surface area contributed by atoms with E-state index in [4.69, 9.17) is 12.6 Å². The monoisotopic (exact) mass is 156 g/mol. The summed E-state index contributed by atoms with van der Waals surface area (Å²) >= 11 is 1.86. The lowest BCUT2D eigenvalue weighted by Crippen LogP contribution is -1.52. The van der Waals surface area contributed by atoms with Crippen LogP contribution >= 0.6 is 11.8 Å². The van der Waals surface area contributed by atoms with Gasteiger partial charge in [0, 0.05) is 0 Å². The van der Waals surface area contributed by atoms with Crippen molar-refractivity contribution in [1.82, 2.24) is 0 Å². The first-order valence-corrected chi connectivity index (χ1v) is 4.30. The van der Waals surface area contributed by atoms with Crippen LogP contribution in [0.5, 0.6) is 0 Å². The lowest BCUT2D eigenvalue weighted by atomic mass is 11.0. The summed E-state index contributed by atoms with van der Waals surface area (Å²) in [6.45, 7) is 2.14. The van der Waals surface area contributed by atoms with Crippen molar-refractivity contribution in [2.45, 2.75) is 6.92 Å². The highest BCUT2D eigenvalue weighted by Gasteiger charge is 1.55. The van der Waals surface area contributed by atoms with Gasteiger partial charge in [-0.05, 0) is 12.0 Å². The minimum atomic E-state index is -3.11. The molecule has 0 aromatic heterocycles. The van der Waals surface area contributed by atoms with E-state index in [2.05, 4.69) is 13.2 Å². The molecular formula is C3H8O3S2. The highest BCUT2D eigenvalue weighted by molar-refractivity contribution is 7.98. The second-order valence-corrected chi connectivity index (χ2v) is 2.34. The zero-order valence-electron chi connectivity index (χ0n) is 4.75. The van der Waals surface area contributed by atoms with Crippen molar-refractivity contribution in [3.8, 4) is 0 Å². The second kappa shape index (κ2) is 10.1. The van der Waals surface area contributed by atoms with Crippen molar-refractivity contribution in [2.24, 2.45) is 0 Å². The first kappa shape index (κ1) is 10.9. The predicted molar refractivity (Wildman–Crippen MR) is 33.8 cm³/mol. The molecule has 0 unspecified atom stereocenters. The highest BCUT2D eigenvalue weighted by atomic mass is 32.2. The van der Waals surface area contributed by atoms with E-state index in [1.807, 2.05) is 11.8 Å². The van der Waals surface area contributed by atoms with Crippen LogP contribution in [0.1, 0.15) is 6.92 Å². The van der Waals surface area contributed by atoms with Crippen LogP contribution in [0.4, 0.5) is 0 Å². The van der Waals surface area contributed by atoms with Crippen molar-refractivity contribution in [3.63, 3.8) is 0 Å². The summed E-state index contributed by atoms with van der Waals surface area (Å²) in [5, 5.41) is 0. The minimum Gasteiger partial charge on any atom is -0.166 e. The van der Waals surface area contributed by atoms with Crippen LogP contribution in [0.15, 0.2) is 0 Å². The fourth-order valence-electron chi connectivity index (χ4n) is 0. The lowest BCUT2D eigenvalue weighted by Gasteiger charge is -1.69. The Balaban J connectivity index is 0. The summed E-state index contributed by atoms with van der Waals surface area (Å²) in [6.07, 6.45) is 2.10. The topological polar surface area (TPSA) is 51.2 Å². The van der Waals surface area contributed by atoms with Crippen molar-refractivity contribution in [2.75, 3.05) is 12.0 Å². The molecule has 0 aliphatic rings. The van der Waals surface area contributed by atoms with Crippen molar-refractivity contribution >= 4 is 22.4 Å². The maximum absolute atomic E-state index is 8.44. The van der Waals surface area contributed by atoms with E-state index in [0.717, 1.165) is 0 Å². The minimum absolute atomic E-state index is 1.24. The molecule has 0 saturated heterocycles. The molecule has 0 saturated carbocycles. The Morgan fingerprint density at radius 2 is 1.50 bits per heavy atom. The summed E-state index contributed by atoms with van der Waals surface area (Å²) < 4.78 is 25.3. The first-order chi connectivity index (χ1) is 3.65. The van der Waals surface area contributed by atoms with Crippen LogP contribution in [0.25, 0.3) is 0 Å². The Labute approximate surface area is 54.5 Å². The van der Waals surface area contributed by atoms with Crippen LogP contribution in [0.2, 0.25) is 0 Å². The molecule has 0 aliphatic carbocycles. The molecule has 0 amide bonds. The molecule has 0 N–H and O–H groups in total. The van der Waals surface area contributed by atoms with E-state index >= 15 is 0 Å². The van der Waals surface area contributed by atoms with Gasteiger partial charge in [-0.3, -0.25) is 0 Å². The summed E-state index contributed by atoms with van der Waals surface area (Å²) in [4.78, 5) is 0. The van der Waals surface area contributed by atoms with Gasteiger partial charge in [-0.2, -0.15) is 11.8 Å². The molecule has 3 nitrogen and oxygen atoms in total. The van der Waals surface area contributed by atoms with E-state index < -0.39 is 10.6 Å². The SMILES string of the molecule is CCSC.O=S(=O)=O. The lowest BCUT2D eigenvalue weighted by molar-refractivity contribution is 0.559. The zero-order chi connectivity index (χ0) is 6.99. The fraction of sp³-hybridized carbons (Fsp3) is 1.00. The normalized spacial score (nSPS) is 6.75. The van der Waals surface area contributed by atoms with E-state index in [1.54, 1.807) is 0 Å². The maximum Gasteiger partial charge on any atom is 0.425 e. The third-order valence-electron chi connectivity index (χ3n) is 0.289. The standard InChI is InChI=1S/C3H8S.O3S/c1-3-4-2;1-4(2)3/h3H2,1-2H3;. The molecule has 0 aromatic carbocycles. The Bertz CT molecular complexity index is 102. The van der Waals surface area contributed by atoms with Crippen LogP contribution in [-0.4, -0.2) is 24.6 Å². The molecule has 5 heteroatoms. The molecule has 0 spiro atoms. The van der Waals surface area contributed by atoms with Gasteiger partial charge in [0.05, 0.1) is 0 Å². The zero-order valence-corrected chi connectivity index (χ0v) is 6.38. The molecule has 0 heterocycles. The molecule has 0 aliphatic heterocycles. The average Bonchev–Trinajstić information content (AvgIpc) is 1.65. The number of hydrogen-bond donors (Lipinski definition) is 0. The number of rotatable bonds is 1. The van der Waals surface area contributed by atoms with Gasteiger partial charge < -0.3 is 0 Å². The molecular weight excluding hydrogens is 148 g/mol. The second-order valence-electron chi connectivity index (χ2n) is 0.781. The van der Waals surface area contributed by atoms with E-state index in [0.29, 0.717) is 0 Å². The molecule has 0 aromatic rings. The van der Waals surface area contributed by atoms with Crippen molar-refractivity contribution in [3.05, 3.63) is 0 Å². The average molecular weight is 156 g/mol. The maximum atomic E-state index is 8.44. The molecule has 0 rings (SSSR count). The Hall–Kier alpha value is -0.0300. The summed E-state index contributed by atoms with van der Waals surface area (Å²) in [5.74, 6) is 1.24. The molecule has 8 heavy (non-hydrogen) atoms. The number of hydrogen-bond acceptors (Lipinski definition) is 4. The van der Waals surface area contributed by atoms with Gasteiger partial charge in [-0.25, -0.2) is 0 Å². The quantitative estimate of drug-likeness (QED) is 0.550. The summed E-state index contributed by atoms with van der Waals surface area (Å²) in [5.41, 5.74) is 0. The van der Waals surface area contributed by atoms with Crippen molar-refractivity contribution in [1.29, 1.82) is 0 Å². The van der Waals surface area contributed by atoms with Crippen LogP contribution in [-0.2, 0) is 10.6 Å². The molecule has 0 bridgehead atoms. The van der Waals surface area contributed by atoms with Gasteiger partial charge in [0.15, 0.2) is 0 Å². The summed E-state index contributed by atoms with van der Waals surface area (Å²) in [7, 11) is -3.11. The highest BCUT2D eigenvalue weighted by Crippen LogP contribution is 1.83. The smallest absolute Gasteiger partial charge is 0.166 e. The third-order valence-corrected chi connectivity index (χ3v) is 0.866. The van der Waals surface area contributed by atoms with Gasteiger partial charge in [-0.1, -0.05) is 6.92 Å². The predicted octanol–water partition coefficient (Wildman–Crippen LogP) is 0.365. The van der Waals surface area contributed by atoms with E-state index in [1.165, 1.54) is 5.75 Å². The molecule has 0 fully saturated rings. The number of thioether (sulfide) groups is 1. The third kappa shape index (κ3) is 157. The molecule has 50 valence electrons. The van der Waals surface area contributed by atoms with E-state index in [9.17, 15) is 0 Å². The summed E-state index contributed by atoms with van der Waals surface area (Å²) in [6, 6.07) is 0. The Morgan fingerprint density at radius 1 is 1.38 bits per heavy atom. The Kier molecular flexibility index (Phi) is 13.7. The largest absolute Gasteiger partial charge is 0.425 e. The van der Waals surface area contributed by atoms with Gasteiger partial charge in [0.25, 0.3) is 0 Å². The van der Waals surface area contributed by atoms with E-state index in [-0.39, 0.29) is 0 Å². The van der Waals surface area contributed by atoms with Crippen LogP contribution < -0.4 is 0 Å². The van der Waals surface area contributed by atoms with Gasteiger partial charge in [-0.15, -0.1) is 12.6 Å². The van der Waals surface area contributed by atoms with Crippen LogP contribution in [0, 0.1) is 0 Å². The van der Waals surface area contributed by atoms with Crippen LogP contribution in [0.3, 0.4) is 0 Å². The van der Waals surface area contributed by atoms with Gasteiger partial charge >= 0.3 is 10.6 Å². The van der Waals surface area contributed by atoms with Gasteiger partial charge in [0.1, 0.15) is 0 Å². The molecule has 0 radical (unpaired) electrons. The fourth-order valence-corrected chi connectivity index (χ4v) is 0.